The van der Waals surface area contributed by atoms with E-state index in [1.165, 1.54) is 0 Å². The number of aliphatic hydroxyl groups excluding tert-OH is 7. The van der Waals surface area contributed by atoms with Crippen molar-refractivity contribution in [2.24, 2.45) is 5.11 Å². The molecule has 0 aromatic carbocycles. The molecule has 13 heteroatoms. The predicted octanol–water partition coefficient (Wildman–Crippen LogP) is -4.08. The smallest absolute Gasteiger partial charge is 0.189 e. The molecule has 0 aliphatic carbocycles. The lowest BCUT2D eigenvalue weighted by Gasteiger charge is -2.44. The number of nitrogens with zero attached hydrogens (tertiary/aromatic N) is 3. The maximum absolute atomic E-state index is 9.95. The second-order valence-electron chi connectivity index (χ2n) is 5.76. The first-order valence-corrected chi connectivity index (χ1v) is 7.48. The minimum Gasteiger partial charge on any atom is -0.394 e. The van der Waals surface area contributed by atoms with Gasteiger partial charge in [-0.15, -0.1) is 0 Å². The first-order chi connectivity index (χ1) is 11.8. The van der Waals surface area contributed by atoms with Crippen LogP contribution in [0.3, 0.4) is 0 Å². The van der Waals surface area contributed by atoms with E-state index in [-0.39, 0.29) is 6.54 Å². The molecule has 0 radical (unpaired) electrons. The molecule has 10 atom stereocenters. The highest BCUT2D eigenvalue weighted by atomic mass is 16.8. The van der Waals surface area contributed by atoms with Crippen LogP contribution in [0.5, 0.6) is 0 Å². The summed E-state index contributed by atoms with van der Waals surface area (Å²) in [5.74, 6) is 0. The number of hydrogen-bond acceptors (Lipinski definition) is 11. The molecule has 5 unspecified atom stereocenters. The Kier molecular flexibility index (Phi) is 6.90. The number of rotatable bonds is 5. The summed E-state index contributed by atoms with van der Waals surface area (Å²) in [5.41, 5.74) is 8.32. The van der Waals surface area contributed by atoms with Crippen molar-refractivity contribution < 1.29 is 50.0 Å². The van der Waals surface area contributed by atoms with Crippen LogP contribution in [-0.2, 0) is 14.2 Å². The van der Waals surface area contributed by atoms with Gasteiger partial charge in [0.25, 0.3) is 0 Å². The van der Waals surface area contributed by atoms with Gasteiger partial charge in [0.15, 0.2) is 12.6 Å². The third kappa shape index (κ3) is 4.19. The van der Waals surface area contributed by atoms with Crippen LogP contribution in [0.15, 0.2) is 5.11 Å². The summed E-state index contributed by atoms with van der Waals surface area (Å²) in [6.45, 7) is -1.05. The average molecular weight is 367 g/mol. The lowest BCUT2D eigenvalue weighted by molar-refractivity contribution is -0.374. The summed E-state index contributed by atoms with van der Waals surface area (Å²) in [5, 5.41) is 71.2. The van der Waals surface area contributed by atoms with Gasteiger partial charge in [-0.3, -0.25) is 0 Å². The van der Waals surface area contributed by atoms with E-state index >= 15 is 0 Å². The van der Waals surface area contributed by atoms with Crippen LogP contribution in [0.4, 0.5) is 0 Å². The van der Waals surface area contributed by atoms with E-state index in [9.17, 15) is 30.6 Å². The molecular formula is C12H21N3O10. The molecule has 0 bridgehead atoms. The van der Waals surface area contributed by atoms with E-state index < -0.39 is 68.0 Å². The van der Waals surface area contributed by atoms with Crippen LogP contribution in [0.1, 0.15) is 0 Å². The predicted molar refractivity (Wildman–Crippen MR) is 75.5 cm³/mol. The Labute approximate surface area is 141 Å². The second-order valence-corrected chi connectivity index (χ2v) is 5.76. The maximum atomic E-state index is 9.95. The lowest BCUT2D eigenvalue weighted by Crippen LogP contribution is -2.63. The zero-order chi connectivity index (χ0) is 18.7. The minimum absolute atomic E-state index is 0.365. The summed E-state index contributed by atoms with van der Waals surface area (Å²) in [4.78, 5) is 2.50. The van der Waals surface area contributed by atoms with E-state index in [4.69, 9.17) is 24.8 Å². The summed E-state index contributed by atoms with van der Waals surface area (Å²) < 4.78 is 15.5. The molecule has 0 aromatic rings. The standard InChI is InChI=1S/C12H21N3O10/c13-15-14-1-3-5(17)7(19)9(21)11(23-3)25-12-10(22)8(20)6(18)4(2-16)24-12/h3-12,16-22H,1-2H2/t3?,4?,5-,6-,7+,8?,9?,10?,11-,12-/m1/s1. The molecular weight excluding hydrogens is 346 g/mol. The van der Waals surface area contributed by atoms with Gasteiger partial charge >= 0.3 is 0 Å². The van der Waals surface area contributed by atoms with Crippen LogP contribution < -0.4 is 0 Å². The number of ether oxygens (including phenoxy) is 3. The van der Waals surface area contributed by atoms with Crippen LogP contribution in [0.25, 0.3) is 10.4 Å². The van der Waals surface area contributed by atoms with Crippen molar-refractivity contribution in [3.8, 4) is 0 Å². The molecule has 7 N–H and O–H groups in total. The molecule has 2 aliphatic rings. The Morgan fingerprint density at radius 2 is 1.28 bits per heavy atom. The highest BCUT2D eigenvalue weighted by Crippen LogP contribution is 2.28. The Hall–Kier alpha value is -1.09. The maximum Gasteiger partial charge on any atom is 0.189 e. The molecule has 0 spiro atoms. The van der Waals surface area contributed by atoms with Gasteiger partial charge in [-0.05, 0) is 5.53 Å². The largest absolute Gasteiger partial charge is 0.394 e. The first-order valence-electron chi connectivity index (χ1n) is 7.48. The molecule has 2 saturated heterocycles. The highest BCUT2D eigenvalue weighted by molar-refractivity contribution is 4.92. The normalized spacial score (nSPS) is 48.0. The van der Waals surface area contributed by atoms with Crippen molar-refractivity contribution in [2.45, 2.75) is 61.4 Å². The average Bonchev–Trinajstić information content (AvgIpc) is 2.61. The van der Waals surface area contributed by atoms with Crippen molar-refractivity contribution in [3.63, 3.8) is 0 Å². The number of hydrogen-bond donors (Lipinski definition) is 7. The highest BCUT2D eigenvalue weighted by Gasteiger charge is 2.49. The van der Waals surface area contributed by atoms with Gasteiger partial charge in [0, 0.05) is 4.91 Å². The fourth-order valence-electron chi connectivity index (χ4n) is 2.61. The van der Waals surface area contributed by atoms with E-state index in [1.54, 1.807) is 0 Å². The Balaban J connectivity index is 2.09. The van der Waals surface area contributed by atoms with Gasteiger partial charge in [-0.2, -0.15) is 0 Å². The van der Waals surface area contributed by atoms with Gasteiger partial charge in [0.1, 0.15) is 42.7 Å². The molecule has 0 amide bonds. The quantitative estimate of drug-likeness (QED) is 0.141. The van der Waals surface area contributed by atoms with E-state index in [0.29, 0.717) is 0 Å². The monoisotopic (exact) mass is 367 g/mol. The van der Waals surface area contributed by atoms with E-state index in [2.05, 4.69) is 10.0 Å². The van der Waals surface area contributed by atoms with Crippen LogP contribution in [0, 0.1) is 0 Å². The molecule has 2 heterocycles. The SMILES string of the molecule is [N-]=[N+]=NCC1O[C@H](O[C@H]2OC(CO)[C@@H](O)C(O)C2O)C(O)[C@@H](O)[C@@H]1O. The van der Waals surface area contributed by atoms with E-state index in [1.807, 2.05) is 0 Å². The summed E-state index contributed by atoms with van der Waals surface area (Å²) in [6.07, 6.45) is -15.7. The fraction of sp³-hybridized carbons (Fsp3) is 1.00. The number of azide groups is 1. The van der Waals surface area contributed by atoms with Gasteiger partial charge in [0.2, 0.25) is 0 Å². The van der Waals surface area contributed by atoms with Crippen molar-refractivity contribution >= 4 is 0 Å². The van der Waals surface area contributed by atoms with Crippen molar-refractivity contribution in [1.82, 2.24) is 0 Å². The lowest BCUT2D eigenvalue weighted by atomic mass is 9.98. The zero-order valence-corrected chi connectivity index (χ0v) is 12.9. The fourth-order valence-corrected chi connectivity index (χ4v) is 2.61. The first kappa shape index (κ1) is 20.2. The Morgan fingerprint density at radius 1 is 0.800 bits per heavy atom. The Bertz CT molecular complexity index is 490. The summed E-state index contributed by atoms with van der Waals surface area (Å²) >= 11 is 0. The number of aliphatic hydroxyl groups is 7. The molecule has 2 aliphatic heterocycles. The van der Waals surface area contributed by atoms with Crippen molar-refractivity contribution in [1.29, 1.82) is 0 Å². The summed E-state index contributed by atoms with van der Waals surface area (Å²) in [6, 6.07) is 0. The molecule has 0 aromatic heterocycles. The molecule has 25 heavy (non-hydrogen) atoms. The van der Waals surface area contributed by atoms with Crippen molar-refractivity contribution in [2.75, 3.05) is 13.2 Å². The molecule has 2 fully saturated rings. The van der Waals surface area contributed by atoms with Gasteiger partial charge in [0.05, 0.1) is 19.3 Å². The third-order valence-electron chi connectivity index (χ3n) is 4.11. The molecule has 2 rings (SSSR count). The van der Waals surface area contributed by atoms with Gasteiger partial charge in [-0.25, -0.2) is 0 Å². The Morgan fingerprint density at radius 3 is 1.76 bits per heavy atom. The third-order valence-corrected chi connectivity index (χ3v) is 4.11. The minimum atomic E-state index is -1.75. The van der Waals surface area contributed by atoms with Crippen molar-refractivity contribution in [3.05, 3.63) is 10.4 Å². The van der Waals surface area contributed by atoms with Gasteiger partial charge in [-0.1, -0.05) is 5.11 Å². The van der Waals surface area contributed by atoms with Crippen LogP contribution in [0.2, 0.25) is 0 Å². The van der Waals surface area contributed by atoms with E-state index in [0.717, 1.165) is 0 Å². The molecule has 13 nitrogen and oxygen atoms in total. The summed E-state index contributed by atoms with van der Waals surface area (Å²) in [7, 11) is 0. The topological polar surface area (TPSA) is 218 Å². The zero-order valence-electron chi connectivity index (χ0n) is 12.9. The van der Waals surface area contributed by atoms with Crippen LogP contribution >= 0.6 is 0 Å². The van der Waals surface area contributed by atoms with Crippen LogP contribution in [-0.4, -0.2) is 110 Å². The van der Waals surface area contributed by atoms with Gasteiger partial charge < -0.3 is 50.0 Å². The molecule has 144 valence electrons. The second kappa shape index (κ2) is 8.53. The molecule has 0 saturated carbocycles.